The molecule has 3 N–H and O–H groups in total. The molecule has 0 atom stereocenters. The highest BCUT2D eigenvalue weighted by Crippen LogP contribution is 2.33. The van der Waals surface area contributed by atoms with Gasteiger partial charge in [-0.05, 0) is 60.9 Å². The van der Waals surface area contributed by atoms with Crippen molar-refractivity contribution in [3.8, 4) is 22.6 Å². The van der Waals surface area contributed by atoms with Crippen molar-refractivity contribution in [2.24, 2.45) is 11.8 Å². The standard InChI is InChI=1S/C29H35N5O2/c1-20(2)17-21(3)29(35)34-15-13-22(14-16-34)18-31-28-26(27(30)32-19-33-28)23-9-11-25(12-10-23)36-24-7-5-4-6-8-24/h4-12,19-20,22H,3,13-18H2,1-2H3,(H3,30,31,32,33). The number of aromatic nitrogens is 2. The molecular weight excluding hydrogens is 450 g/mol. The third kappa shape index (κ3) is 6.42. The molecule has 1 aliphatic rings. The van der Waals surface area contributed by atoms with Crippen LogP contribution in [0.5, 0.6) is 11.5 Å². The topological polar surface area (TPSA) is 93.4 Å². The van der Waals surface area contributed by atoms with Crippen molar-refractivity contribution in [1.29, 1.82) is 0 Å². The monoisotopic (exact) mass is 485 g/mol. The SMILES string of the molecule is C=C(CC(C)C)C(=O)N1CCC(CNc2ncnc(N)c2-c2ccc(Oc3ccccc3)cc2)CC1. The Morgan fingerprint density at radius 1 is 1.08 bits per heavy atom. The summed E-state index contributed by atoms with van der Waals surface area (Å²) in [5.41, 5.74) is 8.67. The minimum atomic E-state index is 0.0978. The fraction of sp³-hybridized carbons (Fsp3) is 0.345. The number of likely N-dealkylation sites (tertiary alicyclic amines) is 1. The predicted octanol–water partition coefficient (Wildman–Crippen LogP) is 5.77. The lowest BCUT2D eigenvalue weighted by Gasteiger charge is -2.33. The molecule has 7 nitrogen and oxygen atoms in total. The fourth-order valence-electron chi connectivity index (χ4n) is 4.52. The molecule has 0 bridgehead atoms. The molecule has 0 unspecified atom stereocenters. The van der Waals surface area contributed by atoms with E-state index in [0.717, 1.165) is 61.5 Å². The Bertz CT molecular complexity index is 1170. The van der Waals surface area contributed by atoms with E-state index < -0.39 is 0 Å². The normalized spacial score (nSPS) is 14.0. The van der Waals surface area contributed by atoms with Gasteiger partial charge in [-0.3, -0.25) is 4.79 Å². The second-order valence-corrected chi connectivity index (χ2v) is 9.74. The maximum atomic E-state index is 12.7. The Morgan fingerprint density at radius 3 is 2.42 bits per heavy atom. The molecule has 2 heterocycles. The van der Waals surface area contributed by atoms with Gasteiger partial charge in [-0.25, -0.2) is 9.97 Å². The highest BCUT2D eigenvalue weighted by atomic mass is 16.5. The number of nitrogens with zero attached hydrogens (tertiary/aromatic N) is 3. The van der Waals surface area contributed by atoms with Crippen LogP contribution in [-0.4, -0.2) is 40.4 Å². The van der Waals surface area contributed by atoms with Crippen molar-refractivity contribution in [3.05, 3.63) is 73.1 Å². The number of hydrogen-bond acceptors (Lipinski definition) is 6. The van der Waals surface area contributed by atoms with Crippen LogP contribution in [0.3, 0.4) is 0 Å². The summed E-state index contributed by atoms with van der Waals surface area (Å²) in [6, 6.07) is 17.4. The van der Waals surface area contributed by atoms with Crippen LogP contribution >= 0.6 is 0 Å². The molecule has 1 saturated heterocycles. The first-order valence-corrected chi connectivity index (χ1v) is 12.6. The molecule has 36 heavy (non-hydrogen) atoms. The lowest BCUT2D eigenvalue weighted by Crippen LogP contribution is -2.40. The van der Waals surface area contributed by atoms with E-state index in [1.54, 1.807) is 0 Å². The third-order valence-electron chi connectivity index (χ3n) is 6.42. The molecule has 0 radical (unpaired) electrons. The van der Waals surface area contributed by atoms with Crippen molar-refractivity contribution in [2.75, 3.05) is 30.7 Å². The average molecular weight is 486 g/mol. The highest BCUT2D eigenvalue weighted by molar-refractivity contribution is 5.92. The summed E-state index contributed by atoms with van der Waals surface area (Å²) >= 11 is 0. The van der Waals surface area contributed by atoms with E-state index in [9.17, 15) is 4.79 Å². The van der Waals surface area contributed by atoms with E-state index >= 15 is 0 Å². The number of anilines is 2. The summed E-state index contributed by atoms with van der Waals surface area (Å²) in [7, 11) is 0. The summed E-state index contributed by atoms with van der Waals surface area (Å²) in [5, 5.41) is 3.49. The predicted molar refractivity (Wildman–Crippen MR) is 145 cm³/mol. The first-order valence-electron chi connectivity index (χ1n) is 12.6. The largest absolute Gasteiger partial charge is 0.457 e. The van der Waals surface area contributed by atoms with Gasteiger partial charge in [0, 0.05) is 25.2 Å². The molecular formula is C29H35N5O2. The fourth-order valence-corrected chi connectivity index (χ4v) is 4.52. The van der Waals surface area contributed by atoms with Crippen molar-refractivity contribution < 1.29 is 9.53 Å². The van der Waals surface area contributed by atoms with Gasteiger partial charge in [0.1, 0.15) is 29.5 Å². The molecule has 3 aromatic rings. The summed E-state index contributed by atoms with van der Waals surface area (Å²) in [5.74, 6) is 3.64. The van der Waals surface area contributed by atoms with E-state index in [-0.39, 0.29) is 5.91 Å². The zero-order valence-corrected chi connectivity index (χ0v) is 21.1. The maximum absolute atomic E-state index is 12.7. The van der Waals surface area contributed by atoms with Crippen LogP contribution in [0.4, 0.5) is 11.6 Å². The van der Waals surface area contributed by atoms with Gasteiger partial charge in [0.15, 0.2) is 0 Å². The molecule has 7 heteroatoms. The van der Waals surface area contributed by atoms with Gasteiger partial charge in [0.2, 0.25) is 5.91 Å². The molecule has 4 rings (SSSR count). The van der Waals surface area contributed by atoms with E-state index in [1.807, 2.05) is 59.5 Å². The molecule has 1 amide bonds. The van der Waals surface area contributed by atoms with Crippen LogP contribution in [0.1, 0.15) is 33.1 Å². The Balaban J connectivity index is 1.36. The summed E-state index contributed by atoms with van der Waals surface area (Å²) < 4.78 is 5.90. The summed E-state index contributed by atoms with van der Waals surface area (Å²) in [4.78, 5) is 23.3. The second-order valence-electron chi connectivity index (χ2n) is 9.74. The van der Waals surface area contributed by atoms with Gasteiger partial charge in [0.25, 0.3) is 0 Å². The summed E-state index contributed by atoms with van der Waals surface area (Å²) in [6.07, 6.45) is 4.11. The molecule has 1 aliphatic heterocycles. The number of piperidine rings is 1. The molecule has 1 aromatic heterocycles. The number of ether oxygens (including phenoxy) is 1. The molecule has 0 saturated carbocycles. The lowest BCUT2D eigenvalue weighted by molar-refractivity contribution is -0.128. The number of nitrogens with two attached hydrogens (primary N) is 1. The zero-order chi connectivity index (χ0) is 25.5. The first-order chi connectivity index (χ1) is 17.4. The number of para-hydroxylation sites is 1. The maximum Gasteiger partial charge on any atom is 0.249 e. The zero-order valence-electron chi connectivity index (χ0n) is 21.1. The number of rotatable bonds is 9. The van der Waals surface area contributed by atoms with Crippen LogP contribution in [0.15, 0.2) is 73.1 Å². The Labute approximate surface area is 213 Å². The van der Waals surface area contributed by atoms with Gasteiger partial charge in [-0.2, -0.15) is 0 Å². The van der Waals surface area contributed by atoms with Crippen LogP contribution in [-0.2, 0) is 4.79 Å². The van der Waals surface area contributed by atoms with Crippen LogP contribution in [0.2, 0.25) is 0 Å². The lowest BCUT2D eigenvalue weighted by atomic mass is 9.95. The smallest absolute Gasteiger partial charge is 0.249 e. The number of benzene rings is 2. The van der Waals surface area contributed by atoms with E-state index in [2.05, 4.69) is 35.7 Å². The molecule has 0 spiro atoms. The molecule has 188 valence electrons. The second kappa shape index (κ2) is 11.7. The number of carbonyl (C=O) groups excluding carboxylic acids is 1. The Hall–Kier alpha value is -3.87. The number of carbonyl (C=O) groups is 1. The quantitative estimate of drug-likeness (QED) is 0.374. The molecule has 1 fully saturated rings. The highest BCUT2D eigenvalue weighted by Gasteiger charge is 2.25. The minimum Gasteiger partial charge on any atom is -0.457 e. The van der Waals surface area contributed by atoms with E-state index in [1.165, 1.54) is 6.33 Å². The van der Waals surface area contributed by atoms with Crippen LogP contribution in [0, 0.1) is 11.8 Å². The van der Waals surface area contributed by atoms with E-state index in [4.69, 9.17) is 10.5 Å². The number of nitrogen functional groups attached to an aromatic ring is 1. The molecule has 0 aliphatic carbocycles. The van der Waals surface area contributed by atoms with Crippen molar-refractivity contribution >= 4 is 17.5 Å². The average Bonchev–Trinajstić information content (AvgIpc) is 2.88. The van der Waals surface area contributed by atoms with Gasteiger partial charge < -0.3 is 20.7 Å². The van der Waals surface area contributed by atoms with E-state index in [0.29, 0.717) is 29.0 Å². The van der Waals surface area contributed by atoms with Gasteiger partial charge >= 0.3 is 0 Å². The van der Waals surface area contributed by atoms with Gasteiger partial charge in [-0.1, -0.05) is 50.8 Å². The van der Waals surface area contributed by atoms with Crippen LogP contribution < -0.4 is 15.8 Å². The van der Waals surface area contributed by atoms with Crippen molar-refractivity contribution in [1.82, 2.24) is 14.9 Å². The number of hydrogen-bond donors (Lipinski definition) is 2. The van der Waals surface area contributed by atoms with Crippen molar-refractivity contribution in [2.45, 2.75) is 33.1 Å². The third-order valence-corrected chi connectivity index (χ3v) is 6.42. The van der Waals surface area contributed by atoms with Crippen molar-refractivity contribution in [3.63, 3.8) is 0 Å². The van der Waals surface area contributed by atoms with Crippen LogP contribution in [0.25, 0.3) is 11.1 Å². The first kappa shape index (κ1) is 25.2. The Kier molecular flexibility index (Phi) is 8.21. The molecule has 2 aromatic carbocycles. The number of nitrogens with one attached hydrogen (secondary N) is 1. The van der Waals surface area contributed by atoms with Gasteiger partial charge in [0.05, 0.1) is 5.56 Å². The van der Waals surface area contributed by atoms with Gasteiger partial charge in [-0.15, -0.1) is 0 Å². The Morgan fingerprint density at radius 2 is 1.75 bits per heavy atom. The number of amides is 1. The summed E-state index contributed by atoms with van der Waals surface area (Å²) in [6.45, 7) is 10.5. The minimum absolute atomic E-state index is 0.0978.